The van der Waals surface area contributed by atoms with Gasteiger partial charge >= 0.3 is 5.97 Å². The second-order valence-electron chi connectivity index (χ2n) is 1.60. The number of Topliss-reactive ketones (excluding diaryl/α,β-unsaturated/α-hetero) is 1. The first-order valence-corrected chi connectivity index (χ1v) is 2.24. The minimum absolute atomic E-state index is 1.09. The third-order valence-corrected chi connectivity index (χ3v) is 0.968. The minimum Gasteiger partial charge on any atom is -0.427 e. The Kier molecular flexibility index (Phi) is 1.22. The maximum atomic E-state index is 10.2. The van der Waals surface area contributed by atoms with Crippen molar-refractivity contribution in [1.82, 2.24) is 0 Å². The van der Waals surface area contributed by atoms with Crippen LogP contribution in [-0.4, -0.2) is 34.4 Å². The van der Waals surface area contributed by atoms with Crippen LogP contribution in [0.4, 0.5) is 0 Å². The zero-order chi connectivity index (χ0) is 7.02. The van der Waals surface area contributed by atoms with E-state index in [1.54, 1.807) is 0 Å². The van der Waals surface area contributed by atoms with Gasteiger partial charge in [-0.2, -0.15) is 0 Å². The monoisotopic (exact) mass is 132 g/mol. The van der Waals surface area contributed by atoms with E-state index in [-0.39, 0.29) is 0 Å². The van der Waals surface area contributed by atoms with Crippen LogP contribution in [0.25, 0.3) is 0 Å². The Balaban J connectivity index is 2.77. The molecule has 0 amide bonds. The van der Waals surface area contributed by atoms with E-state index in [4.69, 9.17) is 10.2 Å². The van der Waals surface area contributed by atoms with Crippen LogP contribution in [0.15, 0.2) is 0 Å². The van der Waals surface area contributed by atoms with Crippen molar-refractivity contribution >= 4 is 11.8 Å². The third-order valence-electron chi connectivity index (χ3n) is 0.968. The van der Waals surface area contributed by atoms with Gasteiger partial charge in [0.15, 0.2) is 6.10 Å². The van der Waals surface area contributed by atoms with Crippen LogP contribution in [0.1, 0.15) is 0 Å². The molecule has 1 rings (SSSR count). The Labute approximate surface area is 49.9 Å². The van der Waals surface area contributed by atoms with Crippen molar-refractivity contribution in [3.05, 3.63) is 0 Å². The molecule has 1 unspecified atom stereocenters. The molecule has 1 heterocycles. The number of aliphatic hydroxyl groups is 2. The van der Waals surface area contributed by atoms with Gasteiger partial charge in [0.2, 0.25) is 6.29 Å². The highest BCUT2D eigenvalue weighted by Gasteiger charge is 2.41. The van der Waals surface area contributed by atoms with Crippen molar-refractivity contribution in [3.63, 3.8) is 0 Å². The molecule has 0 aliphatic carbocycles. The number of carbonyl (C=O) groups excluding carboxylic acids is 2. The Morgan fingerprint density at radius 2 is 1.89 bits per heavy atom. The van der Waals surface area contributed by atoms with Crippen molar-refractivity contribution in [2.75, 3.05) is 0 Å². The number of hydrogen-bond donors (Lipinski definition) is 2. The van der Waals surface area contributed by atoms with Crippen LogP contribution in [0, 0.1) is 0 Å². The van der Waals surface area contributed by atoms with E-state index < -0.39 is 24.1 Å². The predicted molar refractivity (Wildman–Crippen MR) is 23.1 cm³/mol. The van der Waals surface area contributed by atoms with Crippen LogP contribution in [0.2, 0.25) is 0 Å². The van der Waals surface area contributed by atoms with Gasteiger partial charge in [0.25, 0.3) is 5.78 Å². The summed E-state index contributed by atoms with van der Waals surface area (Å²) in [5, 5.41) is 16.9. The van der Waals surface area contributed by atoms with Crippen molar-refractivity contribution in [2.24, 2.45) is 0 Å². The molecule has 2 atom stereocenters. The molecule has 5 nitrogen and oxygen atoms in total. The molecule has 1 saturated heterocycles. The lowest BCUT2D eigenvalue weighted by molar-refractivity contribution is -0.160. The molecule has 0 bridgehead atoms. The molecule has 9 heavy (non-hydrogen) atoms. The molecule has 0 aromatic heterocycles. The highest BCUT2D eigenvalue weighted by atomic mass is 16.7. The second-order valence-corrected chi connectivity index (χ2v) is 1.60. The van der Waals surface area contributed by atoms with Crippen molar-refractivity contribution in [2.45, 2.75) is 12.4 Å². The van der Waals surface area contributed by atoms with Gasteiger partial charge < -0.3 is 14.9 Å². The van der Waals surface area contributed by atoms with Crippen molar-refractivity contribution < 1.29 is 24.5 Å². The largest absolute Gasteiger partial charge is 0.427 e. The zero-order valence-corrected chi connectivity index (χ0v) is 4.27. The highest BCUT2D eigenvalue weighted by Crippen LogP contribution is 2.07. The first kappa shape index (κ1) is 6.18. The summed E-state index contributed by atoms with van der Waals surface area (Å²) in [6.07, 6.45) is -3.37. The van der Waals surface area contributed by atoms with E-state index in [0.717, 1.165) is 0 Å². The zero-order valence-electron chi connectivity index (χ0n) is 4.27. The number of cyclic esters (lactones) is 1. The molecule has 0 radical (unpaired) electrons. The smallest absolute Gasteiger partial charge is 0.380 e. The molecule has 0 saturated carbocycles. The molecule has 0 aromatic rings. The van der Waals surface area contributed by atoms with E-state index in [0.29, 0.717) is 0 Å². The van der Waals surface area contributed by atoms with Gasteiger partial charge in [-0.05, 0) is 0 Å². The highest BCUT2D eigenvalue weighted by molar-refractivity contribution is 6.37. The summed E-state index contributed by atoms with van der Waals surface area (Å²) < 4.78 is 3.90. The first-order chi connectivity index (χ1) is 4.13. The van der Waals surface area contributed by atoms with Crippen molar-refractivity contribution in [1.29, 1.82) is 0 Å². The predicted octanol–water partition coefficient (Wildman–Crippen LogP) is -2.21. The summed E-state index contributed by atoms with van der Waals surface area (Å²) in [5.41, 5.74) is 0. The lowest BCUT2D eigenvalue weighted by Crippen LogP contribution is -2.25. The molecule has 1 aliphatic heterocycles. The Bertz CT molecular complexity index is 162. The summed E-state index contributed by atoms with van der Waals surface area (Å²) in [5.74, 6) is -2.28. The Morgan fingerprint density at radius 1 is 1.33 bits per heavy atom. The number of ketones is 1. The molecular weight excluding hydrogens is 128 g/mol. The van der Waals surface area contributed by atoms with E-state index in [1.807, 2.05) is 0 Å². The van der Waals surface area contributed by atoms with Gasteiger partial charge in [0.05, 0.1) is 0 Å². The lowest BCUT2D eigenvalue weighted by Gasteiger charge is -1.99. The van der Waals surface area contributed by atoms with Crippen molar-refractivity contribution in [3.8, 4) is 0 Å². The fourth-order valence-corrected chi connectivity index (χ4v) is 0.482. The maximum absolute atomic E-state index is 10.2. The summed E-state index contributed by atoms with van der Waals surface area (Å²) in [4.78, 5) is 20.3. The fourth-order valence-electron chi connectivity index (χ4n) is 0.482. The third kappa shape index (κ3) is 0.797. The summed E-state index contributed by atoms with van der Waals surface area (Å²) in [6, 6.07) is 0. The van der Waals surface area contributed by atoms with Gasteiger partial charge in [-0.25, -0.2) is 4.79 Å². The molecular formula is C4H4O5. The van der Waals surface area contributed by atoms with E-state index >= 15 is 0 Å². The lowest BCUT2D eigenvalue weighted by atomic mass is 10.3. The first-order valence-electron chi connectivity index (χ1n) is 2.24. The van der Waals surface area contributed by atoms with E-state index in [2.05, 4.69) is 4.74 Å². The minimum atomic E-state index is -1.70. The molecule has 1 fully saturated rings. The normalized spacial score (nSPS) is 34.9. The average Bonchev–Trinajstić information content (AvgIpc) is 1.98. The molecule has 0 spiro atoms. The van der Waals surface area contributed by atoms with Gasteiger partial charge in [-0.3, -0.25) is 4.79 Å². The second kappa shape index (κ2) is 1.78. The number of carbonyl (C=O) groups is 2. The number of rotatable bonds is 0. The fraction of sp³-hybridized carbons (Fsp3) is 0.500. The van der Waals surface area contributed by atoms with E-state index in [1.165, 1.54) is 0 Å². The summed E-state index contributed by atoms with van der Waals surface area (Å²) >= 11 is 0. The average molecular weight is 132 g/mol. The molecule has 2 N–H and O–H groups in total. The Morgan fingerprint density at radius 3 is 2.00 bits per heavy atom. The number of esters is 1. The number of hydrogen-bond acceptors (Lipinski definition) is 5. The van der Waals surface area contributed by atoms with Gasteiger partial charge in [-0.1, -0.05) is 0 Å². The van der Waals surface area contributed by atoms with Crippen LogP contribution in [0.5, 0.6) is 0 Å². The molecule has 1 aliphatic rings. The number of ether oxygens (including phenoxy) is 1. The topological polar surface area (TPSA) is 83.8 Å². The molecule has 5 heteroatoms. The summed E-state index contributed by atoms with van der Waals surface area (Å²) in [7, 11) is 0. The van der Waals surface area contributed by atoms with Crippen LogP contribution in [0.3, 0.4) is 0 Å². The van der Waals surface area contributed by atoms with Gasteiger partial charge in [0.1, 0.15) is 0 Å². The van der Waals surface area contributed by atoms with E-state index in [9.17, 15) is 9.59 Å². The SMILES string of the molecule is O=C1OC(O)[C@H](O)C1=O. The Hall–Kier alpha value is -0.940. The quantitative estimate of drug-likeness (QED) is 0.288. The summed E-state index contributed by atoms with van der Waals surface area (Å²) in [6.45, 7) is 0. The number of aliphatic hydroxyl groups excluding tert-OH is 2. The molecule has 0 aromatic carbocycles. The van der Waals surface area contributed by atoms with Crippen LogP contribution >= 0.6 is 0 Å². The standard InChI is InChI=1S/C4H4O5/c5-1-2(6)4(8)9-3(1)7/h1,3,5,7H/t1-,3?/m1/s1. The van der Waals surface area contributed by atoms with Crippen LogP contribution in [-0.2, 0) is 14.3 Å². The molecule has 50 valence electrons. The maximum Gasteiger partial charge on any atom is 0.380 e. The van der Waals surface area contributed by atoms with Gasteiger partial charge in [-0.15, -0.1) is 0 Å². The van der Waals surface area contributed by atoms with Gasteiger partial charge in [0, 0.05) is 0 Å². The van der Waals surface area contributed by atoms with Crippen LogP contribution < -0.4 is 0 Å².